The number of rotatable bonds is 12. The van der Waals surface area contributed by atoms with Gasteiger partial charge in [-0.2, -0.15) is 0 Å². The summed E-state index contributed by atoms with van der Waals surface area (Å²) in [6.45, 7) is 3.83. The summed E-state index contributed by atoms with van der Waals surface area (Å²) in [5, 5.41) is 12.5. The Morgan fingerprint density at radius 1 is 1.15 bits per heavy atom. The fourth-order valence-electron chi connectivity index (χ4n) is 3.45. The molecule has 180 valence electrons. The van der Waals surface area contributed by atoms with Crippen molar-refractivity contribution in [2.75, 3.05) is 20.8 Å². The number of aromatic hydroxyl groups is 1. The van der Waals surface area contributed by atoms with Crippen LogP contribution in [0.3, 0.4) is 0 Å². The summed E-state index contributed by atoms with van der Waals surface area (Å²) >= 11 is 0. The maximum absolute atomic E-state index is 13.2. The van der Waals surface area contributed by atoms with Gasteiger partial charge in [-0.1, -0.05) is 12.1 Å². The standard InChI is InChI=1S/C24H31FN2O6/c1-15(13-18(10-12-31-3)14-17-5-7-19(25)8-6-17)33-24(30)16(2)27-23(29)21-22(28)20(32-4)9-11-26-21/h5-9,11,15-16,18,28H,10,12-14H2,1-4H3,(H,27,29)/t15-,16-,18-/m0/s1. The number of nitrogens with zero attached hydrogens (tertiary/aromatic N) is 1. The Morgan fingerprint density at radius 3 is 2.48 bits per heavy atom. The van der Waals surface area contributed by atoms with E-state index in [9.17, 15) is 19.1 Å². The summed E-state index contributed by atoms with van der Waals surface area (Å²) < 4.78 is 28.9. The maximum Gasteiger partial charge on any atom is 0.328 e. The third kappa shape index (κ3) is 8.02. The highest BCUT2D eigenvalue weighted by Gasteiger charge is 2.24. The molecule has 0 aliphatic rings. The third-order valence-electron chi connectivity index (χ3n) is 5.17. The van der Waals surface area contributed by atoms with Crippen molar-refractivity contribution < 1.29 is 33.3 Å². The lowest BCUT2D eigenvalue weighted by molar-refractivity contribution is -0.150. The first-order valence-electron chi connectivity index (χ1n) is 10.7. The second kappa shape index (κ2) is 12.7. The quantitative estimate of drug-likeness (QED) is 0.466. The topological polar surface area (TPSA) is 107 Å². The number of halogens is 1. The van der Waals surface area contributed by atoms with Crippen molar-refractivity contribution in [3.63, 3.8) is 0 Å². The number of amides is 1. The smallest absolute Gasteiger partial charge is 0.328 e. The van der Waals surface area contributed by atoms with Crippen LogP contribution in [0.2, 0.25) is 0 Å². The molecule has 1 aromatic heterocycles. The maximum atomic E-state index is 13.2. The SMILES string of the molecule is COCC[C@H](Cc1ccc(F)cc1)C[C@H](C)OC(=O)[C@H](C)NC(=O)c1nccc(OC)c1O. The van der Waals surface area contributed by atoms with Crippen LogP contribution in [0.1, 0.15) is 42.7 Å². The summed E-state index contributed by atoms with van der Waals surface area (Å²) in [6, 6.07) is 6.78. The highest BCUT2D eigenvalue weighted by molar-refractivity contribution is 5.97. The molecule has 1 heterocycles. The minimum absolute atomic E-state index is 0.0993. The van der Waals surface area contributed by atoms with E-state index in [2.05, 4.69) is 10.3 Å². The fourth-order valence-corrected chi connectivity index (χ4v) is 3.45. The molecule has 2 rings (SSSR count). The molecule has 3 atom stereocenters. The molecule has 2 N–H and O–H groups in total. The fraction of sp³-hybridized carbons (Fsp3) is 0.458. The first kappa shape index (κ1) is 26.1. The second-order valence-electron chi connectivity index (χ2n) is 7.87. The number of carbonyl (C=O) groups is 2. The highest BCUT2D eigenvalue weighted by Crippen LogP contribution is 2.27. The molecular weight excluding hydrogens is 431 g/mol. The van der Waals surface area contributed by atoms with Crippen molar-refractivity contribution >= 4 is 11.9 Å². The zero-order chi connectivity index (χ0) is 24.4. The molecule has 0 aliphatic heterocycles. The molecule has 0 aliphatic carbocycles. The van der Waals surface area contributed by atoms with Crippen LogP contribution in [0, 0.1) is 11.7 Å². The van der Waals surface area contributed by atoms with Gasteiger partial charge in [0.2, 0.25) is 0 Å². The molecule has 1 amide bonds. The number of carbonyl (C=O) groups excluding carboxylic acids is 2. The zero-order valence-electron chi connectivity index (χ0n) is 19.3. The van der Waals surface area contributed by atoms with Crippen LogP contribution < -0.4 is 10.1 Å². The molecule has 0 fully saturated rings. The Kier molecular flexibility index (Phi) is 10.1. The van der Waals surface area contributed by atoms with E-state index in [0.717, 1.165) is 12.0 Å². The van der Waals surface area contributed by atoms with Gasteiger partial charge in [-0.05, 0) is 56.7 Å². The number of pyridine rings is 1. The summed E-state index contributed by atoms with van der Waals surface area (Å²) in [5.74, 6) is -1.78. The lowest BCUT2D eigenvalue weighted by atomic mass is 9.91. The number of nitrogens with one attached hydrogen (secondary N) is 1. The van der Waals surface area contributed by atoms with E-state index < -0.39 is 29.8 Å². The van der Waals surface area contributed by atoms with Crippen molar-refractivity contribution in [1.82, 2.24) is 10.3 Å². The number of esters is 1. The number of methoxy groups -OCH3 is 2. The van der Waals surface area contributed by atoms with Crippen molar-refractivity contribution in [2.45, 2.75) is 45.3 Å². The number of aromatic nitrogens is 1. The molecule has 9 heteroatoms. The molecular formula is C24H31FN2O6. The molecule has 8 nitrogen and oxygen atoms in total. The van der Waals surface area contributed by atoms with Crippen molar-refractivity contribution in [3.05, 3.63) is 53.6 Å². The van der Waals surface area contributed by atoms with Crippen molar-refractivity contribution in [1.29, 1.82) is 0 Å². The van der Waals surface area contributed by atoms with Gasteiger partial charge in [-0.25, -0.2) is 14.2 Å². The second-order valence-corrected chi connectivity index (χ2v) is 7.87. The van der Waals surface area contributed by atoms with Crippen LogP contribution in [-0.2, 0) is 20.7 Å². The Morgan fingerprint density at radius 2 is 1.85 bits per heavy atom. The van der Waals surface area contributed by atoms with Gasteiger partial charge in [-0.15, -0.1) is 0 Å². The number of hydrogen-bond acceptors (Lipinski definition) is 7. The molecule has 0 bridgehead atoms. The molecule has 2 aromatic rings. The predicted octanol–water partition coefficient (Wildman–Crippen LogP) is 3.27. The lowest BCUT2D eigenvalue weighted by Crippen LogP contribution is -2.41. The average molecular weight is 463 g/mol. The van der Waals surface area contributed by atoms with E-state index in [1.165, 1.54) is 38.4 Å². The Labute approximate surface area is 193 Å². The van der Waals surface area contributed by atoms with Gasteiger partial charge in [0.15, 0.2) is 17.2 Å². The minimum Gasteiger partial charge on any atom is -0.503 e. The van der Waals surface area contributed by atoms with E-state index in [1.54, 1.807) is 26.2 Å². The van der Waals surface area contributed by atoms with E-state index in [4.69, 9.17) is 14.2 Å². The molecule has 33 heavy (non-hydrogen) atoms. The van der Waals surface area contributed by atoms with Crippen molar-refractivity contribution in [3.8, 4) is 11.5 Å². The molecule has 0 saturated carbocycles. The van der Waals surface area contributed by atoms with E-state index in [-0.39, 0.29) is 23.2 Å². The van der Waals surface area contributed by atoms with Gasteiger partial charge >= 0.3 is 5.97 Å². The van der Waals surface area contributed by atoms with Crippen LogP contribution >= 0.6 is 0 Å². The lowest BCUT2D eigenvalue weighted by Gasteiger charge is -2.23. The summed E-state index contributed by atoms with van der Waals surface area (Å²) in [6.07, 6.45) is 2.93. The first-order chi connectivity index (χ1) is 15.7. The minimum atomic E-state index is -0.957. The van der Waals surface area contributed by atoms with Gasteiger partial charge in [0.05, 0.1) is 13.2 Å². The van der Waals surface area contributed by atoms with Gasteiger partial charge < -0.3 is 24.6 Å². The Balaban J connectivity index is 1.93. The largest absolute Gasteiger partial charge is 0.503 e. The van der Waals surface area contributed by atoms with Gasteiger partial charge in [0.1, 0.15) is 11.9 Å². The Hall–Kier alpha value is -3.20. The monoisotopic (exact) mass is 462 g/mol. The van der Waals surface area contributed by atoms with Crippen molar-refractivity contribution in [2.24, 2.45) is 5.92 Å². The number of benzene rings is 1. The summed E-state index contributed by atoms with van der Waals surface area (Å²) in [7, 11) is 2.98. The van der Waals surface area contributed by atoms with E-state index in [1.807, 2.05) is 0 Å². The first-order valence-corrected chi connectivity index (χ1v) is 10.7. The van der Waals surface area contributed by atoms with E-state index in [0.29, 0.717) is 19.4 Å². The molecule has 0 unspecified atom stereocenters. The van der Waals surface area contributed by atoms with Gasteiger partial charge in [-0.3, -0.25) is 4.79 Å². The van der Waals surface area contributed by atoms with Gasteiger partial charge in [0.25, 0.3) is 5.91 Å². The Bertz CT molecular complexity index is 922. The van der Waals surface area contributed by atoms with Crippen LogP contribution in [-0.4, -0.2) is 54.9 Å². The van der Waals surface area contributed by atoms with Crippen LogP contribution in [0.5, 0.6) is 11.5 Å². The zero-order valence-corrected chi connectivity index (χ0v) is 19.3. The van der Waals surface area contributed by atoms with Crippen LogP contribution in [0.25, 0.3) is 0 Å². The molecule has 0 spiro atoms. The van der Waals surface area contributed by atoms with Crippen LogP contribution in [0.15, 0.2) is 36.5 Å². The number of ether oxygens (including phenoxy) is 3. The molecule has 0 saturated heterocycles. The summed E-state index contributed by atoms with van der Waals surface area (Å²) in [5.41, 5.74) is 0.739. The molecule has 0 radical (unpaired) electrons. The normalized spacial score (nSPS) is 13.6. The van der Waals surface area contributed by atoms with E-state index >= 15 is 0 Å². The highest BCUT2D eigenvalue weighted by atomic mass is 19.1. The van der Waals surface area contributed by atoms with Crippen LogP contribution in [0.4, 0.5) is 4.39 Å². The third-order valence-corrected chi connectivity index (χ3v) is 5.17. The number of hydrogen-bond donors (Lipinski definition) is 2. The predicted molar refractivity (Wildman–Crippen MR) is 120 cm³/mol. The average Bonchev–Trinajstić information content (AvgIpc) is 2.78. The molecule has 1 aromatic carbocycles. The summed E-state index contributed by atoms with van der Waals surface area (Å²) in [4.78, 5) is 28.8. The van der Waals surface area contributed by atoms with Gasteiger partial charge in [0, 0.05) is 26.0 Å².